The number of nitrogens with one attached hydrogen (secondary N) is 1. The molecule has 2 heteroatoms. The van der Waals surface area contributed by atoms with Crippen LogP contribution in [0.15, 0.2) is 97.1 Å². The van der Waals surface area contributed by atoms with Gasteiger partial charge in [0.25, 0.3) is 0 Å². The largest absolute Gasteiger partial charge is 0.297 e. The van der Waals surface area contributed by atoms with Gasteiger partial charge in [-0.15, -0.1) is 0 Å². The molecule has 210 valence electrons. The van der Waals surface area contributed by atoms with Crippen LogP contribution in [0.25, 0.3) is 5.57 Å². The highest BCUT2D eigenvalue weighted by Crippen LogP contribution is 2.42. The Morgan fingerprint density at radius 3 is 1.70 bits per heavy atom. The Hall–Kier alpha value is -2.68. The van der Waals surface area contributed by atoms with Gasteiger partial charge in [0, 0.05) is 6.04 Å². The molecular weight excluding hydrogens is 499 g/mol. The monoisotopic (exact) mass is 547 g/mol. The molecule has 0 unspecified atom stereocenters. The Morgan fingerprint density at radius 2 is 1.20 bits per heavy atom. The molecule has 40 heavy (non-hydrogen) atoms. The molecule has 5 rings (SSSR count). The number of hydrogen-bond donors (Lipinski definition) is 1. The molecule has 0 aliphatic heterocycles. The van der Waals surface area contributed by atoms with Crippen molar-refractivity contribution in [1.29, 1.82) is 0 Å². The van der Waals surface area contributed by atoms with Crippen molar-refractivity contribution in [2.45, 2.75) is 102 Å². The number of allylic oxidation sites excluding steroid dienone is 4. The molecule has 1 N–H and O–H groups in total. The summed E-state index contributed by atoms with van der Waals surface area (Å²) in [6.45, 7) is 4.97. The van der Waals surface area contributed by atoms with Gasteiger partial charge >= 0.3 is 0 Å². The van der Waals surface area contributed by atoms with Gasteiger partial charge in [-0.05, 0) is 47.1 Å². The van der Waals surface area contributed by atoms with Gasteiger partial charge in [-0.25, -0.2) is 0 Å². The molecule has 0 saturated heterocycles. The highest BCUT2D eigenvalue weighted by molar-refractivity contribution is 6.71. The molecule has 1 saturated carbocycles. The summed E-state index contributed by atoms with van der Waals surface area (Å²) in [6, 6.07) is 30.4. The van der Waals surface area contributed by atoms with Crippen molar-refractivity contribution in [1.82, 2.24) is 5.32 Å². The van der Waals surface area contributed by atoms with Crippen LogP contribution < -0.4 is 10.5 Å². The van der Waals surface area contributed by atoms with E-state index < -0.39 is 14.3 Å². The van der Waals surface area contributed by atoms with Crippen molar-refractivity contribution in [3.8, 4) is 0 Å². The van der Waals surface area contributed by atoms with Crippen LogP contribution in [0.5, 0.6) is 0 Å². The minimum Gasteiger partial charge on any atom is -0.297 e. The van der Waals surface area contributed by atoms with Crippen molar-refractivity contribution in [3.05, 3.63) is 119 Å². The van der Waals surface area contributed by atoms with Gasteiger partial charge in [0.1, 0.15) is 0 Å². The first kappa shape index (κ1) is 28.8. The molecule has 0 amide bonds. The molecule has 0 spiro atoms. The summed E-state index contributed by atoms with van der Waals surface area (Å²) in [5.74, 6) is 0. The van der Waals surface area contributed by atoms with Crippen LogP contribution in [-0.2, 0) is 5.54 Å². The topological polar surface area (TPSA) is 12.0 Å². The van der Waals surface area contributed by atoms with Crippen molar-refractivity contribution in [2.75, 3.05) is 0 Å². The lowest BCUT2D eigenvalue weighted by molar-refractivity contribution is 0.336. The summed E-state index contributed by atoms with van der Waals surface area (Å²) < 4.78 is 0. The summed E-state index contributed by atoms with van der Waals surface area (Å²) in [7, 11) is -1.09. The predicted molar refractivity (Wildman–Crippen MR) is 177 cm³/mol. The maximum atomic E-state index is 4.47. The summed E-state index contributed by atoms with van der Waals surface area (Å²) in [6.07, 6.45) is 22.9. The predicted octanol–water partition coefficient (Wildman–Crippen LogP) is 9.28. The molecule has 2 aliphatic rings. The molecule has 1 nitrogen and oxygen atoms in total. The fourth-order valence-electron chi connectivity index (χ4n) is 7.07. The van der Waals surface area contributed by atoms with Crippen LogP contribution in [0.2, 0.25) is 13.1 Å². The van der Waals surface area contributed by atoms with E-state index in [9.17, 15) is 0 Å². The zero-order chi connectivity index (χ0) is 27.6. The lowest BCUT2D eigenvalue weighted by atomic mass is 9.73. The lowest BCUT2D eigenvalue weighted by Crippen LogP contribution is -2.51. The van der Waals surface area contributed by atoms with E-state index in [4.69, 9.17) is 0 Å². The van der Waals surface area contributed by atoms with Crippen molar-refractivity contribution in [3.63, 3.8) is 0 Å². The minimum absolute atomic E-state index is 0.414. The van der Waals surface area contributed by atoms with Crippen LogP contribution in [0.4, 0.5) is 0 Å². The number of rotatable bonds is 7. The molecule has 0 atom stereocenters. The smallest absolute Gasteiger partial charge is 0.0955 e. The van der Waals surface area contributed by atoms with E-state index >= 15 is 0 Å². The second-order valence-electron chi connectivity index (χ2n) is 12.3. The average Bonchev–Trinajstić information content (AvgIpc) is 3.52. The van der Waals surface area contributed by atoms with Gasteiger partial charge in [0.2, 0.25) is 0 Å². The quantitative estimate of drug-likeness (QED) is 0.230. The SMILES string of the molecule is C[SiH](C)c1cccc(C(NC2CCCCCCCCCCC2)(c2ccccc2)c2ccccc2)c1C1=CC=CC1. The highest BCUT2D eigenvalue weighted by atomic mass is 28.3. The van der Waals surface area contributed by atoms with E-state index in [1.54, 1.807) is 5.19 Å². The standard InChI is InChI=1S/C38H49NSi/c1-40(2)36-30-20-29-35(37(36)31-21-18-19-22-31)38(32-23-12-10-13-24-32,33-25-14-11-15-26-33)39-34-27-16-8-6-4-3-5-7-9-17-28-34/h10-15,18-21,23-26,29-30,34,39-40H,3-9,16-17,22,27-28H2,1-2H3. The van der Waals surface area contributed by atoms with Gasteiger partial charge in [-0.3, -0.25) is 5.32 Å². The van der Waals surface area contributed by atoms with Crippen LogP contribution >= 0.6 is 0 Å². The Balaban J connectivity index is 1.70. The molecule has 0 heterocycles. The molecule has 1 fully saturated rings. The molecule has 3 aromatic rings. The van der Waals surface area contributed by atoms with Gasteiger partial charge in [0.15, 0.2) is 0 Å². The van der Waals surface area contributed by atoms with Gasteiger partial charge in [-0.1, -0.05) is 173 Å². The van der Waals surface area contributed by atoms with Crippen molar-refractivity contribution < 1.29 is 0 Å². The third-order valence-corrected chi connectivity index (χ3v) is 10.9. The van der Waals surface area contributed by atoms with Crippen LogP contribution in [0, 0.1) is 0 Å². The van der Waals surface area contributed by atoms with Crippen molar-refractivity contribution >= 4 is 19.6 Å². The molecule has 2 aliphatic carbocycles. The van der Waals surface area contributed by atoms with Crippen LogP contribution in [0.1, 0.15) is 99.3 Å². The van der Waals surface area contributed by atoms with E-state index in [-0.39, 0.29) is 0 Å². The maximum Gasteiger partial charge on any atom is 0.0955 e. The van der Waals surface area contributed by atoms with Crippen LogP contribution in [-0.4, -0.2) is 14.8 Å². The first-order valence-corrected chi connectivity index (χ1v) is 19.0. The first-order valence-electron chi connectivity index (χ1n) is 16.1. The second kappa shape index (κ2) is 14.3. The molecule has 0 aromatic heterocycles. The van der Waals surface area contributed by atoms with Gasteiger partial charge in [-0.2, -0.15) is 0 Å². The summed E-state index contributed by atoms with van der Waals surface area (Å²) in [4.78, 5) is 0. The van der Waals surface area contributed by atoms with Gasteiger partial charge < -0.3 is 0 Å². The minimum atomic E-state index is -1.09. The summed E-state index contributed by atoms with van der Waals surface area (Å²) in [5.41, 5.74) is 6.70. The first-order chi connectivity index (χ1) is 19.7. The van der Waals surface area contributed by atoms with E-state index in [1.165, 1.54) is 98.5 Å². The Kier molecular flexibility index (Phi) is 10.3. The maximum absolute atomic E-state index is 4.47. The Morgan fingerprint density at radius 1 is 0.650 bits per heavy atom. The summed E-state index contributed by atoms with van der Waals surface area (Å²) in [5, 5.41) is 6.06. The third kappa shape index (κ3) is 6.61. The zero-order valence-corrected chi connectivity index (χ0v) is 26.0. The lowest BCUT2D eigenvalue weighted by Gasteiger charge is -2.42. The van der Waals surface area contributed by atoms with E-state index in [1.807, 2.05) is 0 Å². The molecular formula is C38H49NSi. The Labute approximate surface area is 245 Å². The third-order valence-electron chi connectivity index (χ3n) is 9.15. The van der Waals surface area contributed by atoms with E-state index in [0.717, 1.165) is 6.42 Å². The normalized spacial score (nSPS) is 17.8. The van der Waals surface area contributed by atoms with Crippen LogP contribution in [0.3, 0.4) is 0 Å². The summed E-state index contributed by atoms with van der Waals surface area (Å²) >= 11 is 0. The average molecular weight is 548 g/mol. The number of benzene rings is 3. The molecule has 0 radical (unpaired) electrons. The second-order valence-corrected chi connectivity index (χ2v) is 15.3. The zero-order valence-electron chi connectivity index (χ0n) is 24.9. The van der Waals surface area contributed by atoms with E-state index in [0.29, 0.717) is 6.04 Å². The fraction of sp³-hybridized carbons (Fsp3) is 0.421. The highest BCUT2D eigenvalue weighted by Gasteiger charge is 2.40. The molecule has 3 aromatic carbocycles. The fourth-order valence-corrected chi connectivity index (χ4v) is 8.48. The molecule has 0 bridgehead atoms. The van der Waals surface area contributed by atoms with Gasteiger partial charge in [0.05, 0.1) is 14.3 Å². The number of hydrogen-bond acceptors (Lipinski definition) is 1. The van der Waals surface area contributed by atoms with E-state index in [2.05, 4.69) is 116 Å². The Bertz CT molecular complexity index is 1210. The van der Waals surface area contributed by atoms with Crippen molar-refractivity contribution in [2.24, 2.45) is 0 Å².